The van der Waals surface area contributed by atoms with Crippen molar-refractivity contribution in [3.63, 3.8) is 0 Å². The molecule has 4 nitrogen and oxygen atoms in total. The summed E-state index contributed by atoms with van der Waals surface area (Å²) in [4.78, 5) is 14.8. The van der Waals surface area contributed by atoms with Gasteiger partial charge in [0, 0.05) is 29.1 Å². The van der Waals surface area contributed by atoms with Crippen molar-refractivity contribution in [3.05, 3.63) is 63.1 Å². The van der Waals surface area contributed by atoms with Crippen LogP contribution in [0.1, 0.15) is 43.6 Å². The van der Waals surface area contributed by atoms with Crippen molar-refractivity contribution in [2.45, 2.75) is 44.9 Å². The summed E-state index contributed by atoms with van der Waals surface area (Å²) in [5.41, 5.74) is 2.52. The third-order valence-corrected chi connectivity index (χ3v) is 5.58. The summed E-state index contributed by atoms with van der Waals surface area (Å²) in [7, 11) is 3.43. The molecule has 3 rings (SSSR count). The van der Waals surface area contributed by atoms with E-state index in [1.54, 1.807) is 25.1 Å². The van der Waals surface area contributed by atoms with Gasteiger partial charge in [-0.15, -0.1) is 0 Å². The number of carbonyl (C=O) groups excluding carboxylic acids is 1. The van der Waals surface area contributed by atoms with E-state index in [2.05, 4.69) is 0 Å². The number of hydrogen-bond acceptors (Lipinski definition) is 3. The summed E-state index contributed by atoms with van der Waals surface area (Å²) in [6, 6.07) is 11.2. The second-order valence-electron chi connectivity index (χ2n) is 8.04. The summed E-state index contributed by atoms with van der Waals surface area (Å²) in [5.74, 6) is 0.684. The van der Waals surface area contributed by atoms with Crippen LogP contribution in [0.5, 0.6) is 5.75 Å². The summed E-state index contributed by atoms with van der Waals surface area (Å²) < 4.78 is 11.7. The number of amides is 1. The zero-order valence-corrected chi connectivity index (χ0v) is 18.3. The van der Waals surface area contributed by atoms with E-state index in [1.165, 1.54) is 0 Å². The molecular formula is C22H25Cl2NO3. The van der Waals surface area contributed by atoms with Crippen LogP contribution in [0.4, 0.5) is 0 Å². The van der Waals surface area contributed by atoms with Gasteiger partial charge in [0.2, 0.25) is 0 Å². The molecule has 1 aliphatic rings. The van der Waals surface area contributed by atoms with Crippen LogP contribution < -0.4 is 4.74 Å². The van der Waals surface area contributed by atoms with E-state index in [1.807, 2.05) is 51.1 Å². The lowest BCUT2D eigenvalue weighted by Gasteiger charge is -2.38. The highest BCUT2D eigenvalue weighted by Gasteiger charge is 2.37. The number of benzene rings is 2. The van der Waals surface area contributed by atoms with E-state index in [0.717, 1.165) is 22.4 Å². The Hall–Kier alpha value is -1.75. The highest BCUT2D eigenvalue weighted by Crippen LogP contribution is 2.39. The van der Waals surface area contributed by atoms with Crippen LogP contribution in [0.25, 0.3) is 0 Å². The maximum atomic E-state index is 13.1. The van der Waals surface area contributed by atoms with Crippen LogP contribution in [0.3, 0.4) is 0 Å². The highest BCUT2D eigenvalue weighted by atomic mass is 35.5. The van der Waals surface area contributed by atoms with Gasteiger partial charge in [-0.1, -0.05) is 29.3 Å². The normalized spacial score (nSPS) is 19.1. The van der Waals surface area contributed by atoms with Crippen LogP contribution in [-0.4, -0.2) is 36.6 Å². The molecule has 0 aromatic heterocycles. The molecule has 0 fully saturated rings. The molecule has 1 aliphatic heterocycles. The number of hydrogen-bond donors (Lipinski definition) is 0. The predicted molar refractivity (Wildman–Crippen MR) is 112 cm³/mol. The van der Waals surface area contributed by atoms with Crippen LogP contribution in [0.2, 0.25) is 10.0 Å². The zero-order chi connectivity index (χ0) is 20.6. The molecule has 0 N–H and O–H groups in total. The van der Waals surface area contributed by atoms with Gasteiger partial charge < -0.3 is 14.4 Å². The van der Waals surface area contributed by atoms with Crippen molar-refractivity contribution < 1.29 is 14.3 Å². The van der Waals surface area contributed by atoms with Crippen molar-refractivity contribution in [3.8, 4) is 5.75 Å². The fraction of sp³-hybridized carbons (Fsp3) is 0.409. The molecule has 1 heterocycles. The van der Waals surface area contributed by atoms with Crippen LogP contribution in [-0.2, 0) is 16.0 Å². The summed E-state index contributed by atoms with van der Waals surface area (Å²) in [6.07, 6.45) is -0.547. The number of halogens is 2. The van der Waals surface area contributed by atoms with E-state index in [4.69, 9.17) is 32.7 Å². The quantitative estimate of drug-likeness (QED) is 0.675. The van der Waals surface area contributed by atoms with Crippen molar-refractivity contribution in [2.75, 3.05) is 14.2 Å². The van der Waals surface area contributed by atoms with Gasteiger partial charge >= 0.3 is 0 Å². The molecule has 0 aliphatic carbocycles. The monoisotopic (exact) mass is 421 g/mol. The first kappa shape index (κ1) is 21.0. The minimum Gasteiger partial charge on any atom is -0.497 e. The first-order chi connectivity index (χ1) is 13.1. The Bertz CT molecular complexity index is 872. The number of carbonyl (C=O) groups is 1. The van der Waals surface area contributed by atoms with Crippen LogP contribution in [0, 0.1) is 0 Å². The molecule has 2 aromatic carbocycles. The Balaban J connectivity index is 2.05. The first-order valence-corrected chi connectivity index (χ1v) is 9.91. The molecule has 1 amide bonds. The van der Waals surface area contributed by atoms with Crippen molar-refractivity contribution in [1.29, 1.82) is 0 Å². The van der Waals surface area contributed by atoms with Gasteiger partial charge in [-0.25, -0.2) is 0 Å². The molecule has 2 atom stereocenters. The van der Waals surface area contributed by atoms with Gasteiger partial charge in [-0.2, -0.15) is 0 Å². The van der Waals surface area contributed by atoms with E-state index >= 15 is 0 Å². The molecule has 6 heteroatoms. The minimum absolute atomic E-state index is 0.0490. The number of ether oxygens (including phenoxy) is 2. The topological polar surface area (TPSA) is 38.8 Å². The van der Waals surface area contributed by atoms with E-state index < -0.39 is 12.2 Å². The second kappa shape index (κ2) is 7.94. The molecule has 0 saturated heterocycles. The fourth-order valence-corrected chi connectivity index (χ4v) is 3.84. The summed E-state index contributed by atoms with van der Waals surface area (Å²) >= 11 is 12.4. The third-order valence-electron chi connectivity index (χ3n) is 5.14. The van der Waals surface area contributed by atoms with Gasteiger partial charge in [0.15, 0.2) is 0 Å². The molecular weight excluding hydrogens is 397 g/mol. The number of likely N-dealkylation sites (N-methyl/N-ethyl adjacent to an activating group) is 1. The van der Waals surface area contributed by atoms with Crippen LogP contribution >= 0.6 is 23.2 Å². The Morgan fingerprint density at radius 1 is 1.14 bits per heavy atom. The third kappa shape index (κ3) is 4.29. The van der Waals surface area contributed by atoms with Gasteiger partial charge in [0.25, 0.3) is 5.91 Å². The summed E-state index contributed by atoms with van der Waals surface area (Å²) in [6.45, 7) is 6.00. The van der Waals surface area contributed by atoms with Gasteiger partial charge in [-0.3, -0.25) is 4.79 Å². The average molecular weight is 422 g/mol. The number of methoxy groups -OCH3 is 1. The van der Waals surface area contributed by atoms with Gasteiger partial charge in [-0.05, 0) is 67.8 Å². The van der Waals surface area contributed by atoms with Gasteiger partial charge in [0.05, 0.1) is 7.11 Å². The number of fused-ring (bicyclic) bond motifs is 1. The van der Waals surface area contributed by atoms with Crippen molar-refractivity contribution in [1.82, 2.24) is 4.90 Å². The highest BCUT2D eigenvalue weighted by molar-refractivity contribution is 6.34. The minimum atomic E-state index is -0.590. The lowest BCUT2D eigenvalue weighted by Crippen LogP contribution is -2.49. The maximum absolute atomic E-state index is 13.1. The number of nitrogens with zero attached hydrogens (tertiary/aromatic N) is 1. The molecule has 28 heavy (non-hydrogen) atoms. The second-order valence-corrected chi connectivity index (χ2v) is 8.92. The van der Waals surface area contributed by atoms with E-state index in [9.17, 15) is 4.79 Å². The molecule has 2 unspecified atom stereocenters. The largest absolute Gasteiger partial charge is 0.497 e. The Morgan fingerprint density at radius 2 is 1.79 bits per heavy atom. The number of rotatable bonds is 3. The van der Waals surface area contributed by atoms with E-state index in [-0.39, 0.29) is 11.4 Å². The smallest absolute Gasteiger partial charge is 0.252 e. The average Bonchev–Trinajstić information content (AvgIpc) is 2.63. The first-order valence-electron chi connectivity index (χ1n) is 9.16. The molecule has 0 bridgehead atoms. The zero-order valence-electron chi connectivity index (χ0n) is 16.8. The van der Waals surface area contributed by atoms with E-state index in [0.29, 0.717) is 16.5 Å². The van der Waals surface area contributed by atoms with Crippen molar-refractivity contribution in [2.24, 2.45) is 0 Å². The molecule has 0 spiro atoms. The molecule has 0 saturated carbocycles. The van der Waals surface area contributed by atoms with Crippen LogP contribution in [0.15, 0.2) is 36.4 Å². The Labute approximate surface area is 176 Å². The van der Waals surface area contributed by atoms with Gasteiger partial charge in [0.1, 0.15) is 18.0 Å². The standard InChI is InChI=1S/C22H25Cl2NO3/c1-22(2,3)25(4)21(26)19-10-13-6-7-17(27-5)12-18(13)20(28-19)14-8-15(23)11-16(24)9-14/h6-9,11-12,19-20H,10H2,1-5H3. The van der Waals surface area contributed by atoms with Crippen molar-refractivity contribution >= 4 is 29.1 Å². The predicted octanol–water partition coefficient (Wildman–Crippen LogP) is 5.29. The Morgan fingerprint density at radius 3 is 2.36 bits per heavy atom. The SMILES string of the molecule is COc1ccc2c(c1)C(c1cc(Cl)cc(Cl)c1)OC(C(=O)N(C)C(C)(C)C)C2. The molecule has 0 radical (unpaired) electrons. The lowest BCUT2D eigenvalue weighted by molar-refractivity contribution is -0.150. The molecule has 150 valence electrons. The fourth-order valence-electron chi connectivity index (χ4n) is 3.29. The molecule has 2 aromatic rings. The maximum Gasteiger partial charge on any atom is 0.252 e. The Kier molecular flexibility index (Phi) is 5.95. The summed E-state index contributed by atoms with van der Waals surface area (Å²) in [5, 5.41) is 1.05. The lowest BCUT2D eigenvalue weighted by atomic mass is 9.89.